The Balaban J connectivity index is 1.07. The molecule has 0 heterocycles. The zero-order valence-electron chi connectivity index (χ0n) is 31.5. The highest BCUT2D eigenvalue weighted by atomic mass is 16.5. The zero-order chi connectivity index (χ0) is 39.1. The third-order valence-electron chi connectivity index (χ3n) is 10.2. The number of hydrogen-bond acceptors (Lipinski definition) is 6. The molecule has 0 aliphatic rings. The third-order valence-corrected chi connectivity index (χ3v) is 10.2. The molecule has 0 fully saturated rings. The van der Waals surface area contributed by atoms with Gasteiger partial charge in [0, 0.05) is 37.7 Å². The molecule has 6 rings (SSSR count). The van der Waals surface area contributed by atoms with Gasteiger partial charge in [-0.3, -0.25) is 0 Å². The lowest BCUT2D eigenvalue weighted by Crippen LogP contribution is -2.31. The average Bonchev–Trinajstić information content (AvgIpc) is 3.27. The van der Waals surface area contributed by atoms with Gasteiger partial charge in [0.05, 0.1) is 13.2 Å². The summed E-state index contributed by atoms with van der Waals surface area (Å²) in [5.74, 6) is 1.41. The fourth-order valence-electron chi connectivity index (χ4n) is 6.93. The van der Waals surface area contributed by atoms with Gasteiger partial charge in [-0.15, -0.1) is 0 Å². The SMILES string of the molecule is CCC(C)(c1ccc(OCCOC(C#[N+][O-])(c2ccccc2)c2ccccc2)cc1)c1ccc(OCCOC(C#[N+][O-])(c2ccccc2)c2ccccc2)cc1. The minimum atomic E-state index is -1.27. The summed E-state index contributed by atoms with van der Waals surface area (Å²) in [6, 6.07) is 59.5. The van der Waals surface area contributed by atoms with Crippen LogP contribution in [0.5, 0.6) is 11.5 Å². The molecule has 0 spiro atoms. The number of nitrogens with zero attached hydrogens (tertiary/aromatic N) is 2. The number of benzene rings is 6. The largest absolute Gasteiger partial charge is 0.498 e. The summed E-state index contributed by atoms with van der Waals surface area (Å²) in [5, 5.41) is 29.2. The van der Waals surface area contributed by atoms with E-state index in [1.807, 2.05) is 146 Å². The Bertz CT molecular complexity index is 1990. The number of ether oxygens (including phenoxy) is 4. The lowest BCUT2D eigenvalue weighted by atomic mass is 9.74. The normalized spacial score (nSPS) is 11.4. The van der Waals surface area contributed by atoms with E-state index >= 15 is 0 Å². The summed E-state index contributed by atoms with van der Waals surface area (Å²) in [4.78, 5) is 0. The van der Waals surface area contributed by atoms with Gasteiger partial charge in [-0.05, 0) is 41.8 Å². The van der Waals surface area contributed by atoms with Crippen molar-refractivity contribution in [1.29, 1.82) is 0 Å². The van der Waals surface area contributed by atoms with Crippen molar-refractivity contribution in [2.45, 2.75) is 36.9 Å². The molecule has 8 heteroatoms. The molecule has 0 bridgehead atoms. The van der Waals surface area contributed by atoms with E-state index in [2.05, 4.69) is 60.3 Å². The van der Waals surface area contributed by atoms with Gasteiger partial charge < -0.3 is 29.4 Å². The molecule has 0 radical (unpaired) electrons. The maximum atomic E-state index is 11.6. The van der Waals surface area contributed by atoms with Crippen LogP contribution in [0.2, 0.25) is 0 Å². The van der Waals surface area contributed by atoms with Crippen LogP contribution < -0.4 is 9.47 Å². The molecule has 0 aromatic heterocycles. The Morgan fingerprint density at radius 3 is 1.00 bits per heavy atom. The van der Waals surface area contributed by atoms with Gasteiger partial charge in [-0.1, -0.05) is 159 Å². The van der Waals surface area contributed by atoms with Gasteiger partial charge >= 0.3 is 12.1 Å². The van der Waals surface area contributed by atoms with Crippen molar-refractivity contribution in [3.05, 3.63) is 224 Å². The first-order chi connectivity index (χ1) is 27.5. The van der Waals surface area contributed by atoms with Crippen molar-refractivity contribution in [2.24, 2.45) is 0 Å². The highest BCUT2D eigenvalue weighted by molar-refractivity contribution is 5.46. The summed E-state index contributed by atoms with van der Waals surface area (Å²) in [5.41, 5.74) is 2.49. The zero-order valence-corrected chi connectivity index (χ0v) is 31.5. The average molecular weight is 745 g/mol. The molecular weight excluding hydrogens is 701 g/mol. The molecule has 0 aliphatic carbocycles. The van der Waals surface area contributed by atoms with Crippen LogP contribution in [0.3, 0.4) is 0 Å². The minimum absolute atomic E-state index is 0.190. The van der Waals surface area contributed by atoms with E-state index in [0.29, 0.717) is 11.5 Å². The van der Waals surface area contributed by atoms with Gasteiger partial charge in [0.25, 0.3) is 11.2 Å². The second kappa shape index (κ2) is 18.6. The van der Waals surface area contributed by atoms with Crippen molar-refractivity contribution in [3.63, 3.8) is 0 Å². The Kier molecular flexibility index (Phi) is 13.0. The molecule has 0 aliphatic heterocycles. The summed E-state index contributed by atoms with van der Waals surface area (Å²) in [6.45, 7) is 5.28. The van der Waals surface area contributed by atoms with E-state index < -0.39 is 11.2 Å². The van der Waals surface area contributed by atoms with Gasteiger partial charge in [0.15, 0.2) is 0 Å². The molecule has 0 N–H and O–H groups in total. The molecule has 6 aromatic rings. The predicted molar refractivity (Wildman–Crippen MR) is 221 cm³/mol. The quantitative estimate of drug-likeness (QED) is 0.0682. The highest BCUT2D eigenvalue weighted by Crippen LogP contribution is 2.38. The molecule has 0 saturated carbocycles. The van der Waals surface area contributed by atoms with E-state index in [-0.39, 0.29) is 31.8 Å². The summed E-state index contributed by atoms with van der Waals surface area (Å²) < 4.78 is 24.9. The van der Waals surface area contributed by atoms with Gasteiger partial charge in [0.1, 0.15) is 24.7 Å². The summed E-state index contributed by atoms with van der Waals surface area (Å²) in [6.07, 6.45) is 0.868. The first-order valence-electron chi connectivity index (χ1n) is 18.6. The Labute approximate surface area is 328 Å². The van der Waals surface area contributed by atoms with Crippen molar-refractivity contribution >= 4 is 0 Å². The molecule has 56 heavy (non-hydrogen) atoms. The third kappa shape index (κ3) is 8.69. The van der Waals surface area contributed by atoms with Crippen LogP contribution in [0, 0.1) is 22.6 Å². The maximum absolute atomic E-state index is 11.6. The number of hydrogen-bond donors (Lipinski definition) is 0. The van der Waals surface area contributed by atoms with Crippen LogP contribution in [0.25, 0.3) is 10.0 Å². The molecule has 6 aromatic carbocycles. The molecule has 0 unspecified atom stereocenters. The lowest BCUT2D eigenvalue weighted by molar-refractivity contribution is 0.00927. The monoisotopic (exact) mass is 744 g/mol. The van der Waals surface area contributed by atoms with E-state index in [9.17, 15) is 10.4 Å². The van der Waals surface area contributed by atoms with E-state index in [4.69, 9.17) is 18.9 Å². The van der Waals surface area contributed by atoms with Crippen LogP contribution in [-0.2, 0) is 26.1 Å². The van der Waals surface area contributed by atoms with Crippen LogP contribution in [0.1, 0.15) is 53.6 Å². The van der Waals surface area contributed by atoms with E-state index in [1.54, 1.807) is 0 Å². The van der Waals surface area contributed by atoms with Crippen LogP contribution in [-0.4, -0.2) is 26.4 Å². The van der Waals surface area contributed by atoms with Gasteiger partial charge in [-0.2, -0.15) is 0 Å². The molecular formula is C48H44N2O6. The molecule has 8 nitrogen and oxygen atoms in total. The highest BCUT2D eigenvalue weighted by Gasteiger charge is 2.41. The van der Waals surface area contributed by atoms with Crippen LogP contribution >= 0.6 is 0 Å². The van der Waals surface area contributed by atoms with Gasteiger partial charge in [0.2, 0.25) is 0 Å². The maximum Gasteiger partial charge on any atom is 0.344 e. The molecule has 0 saturated heterocycles. The topological polar surface area (TPSA) is 91.8 Å². The van der Waals surface area contributed by atoms with E-state index in [0.717, 1.165) is 39.8 Å². The Hall–Kier alpha value is -6.58. The van der Waals surface area contributed by atoms with Crippen molar-refractivity contribution in [3.8, 4) is 23.6 Å². The number of rotatable bonds is 17. The first kappa shape index (κ1) is 39.1. The first-order valence-corrected chi connectivity index (χ1v) is 18.6. The lowest BCUT2D eigenvalue weighted by Gasteiger charge is -2.30. The van der Waals surface area contributed by atoms with Crippen molar-refractivity contribution in [2.75, 3.05) is 26.4 Å². The minimum Gasteiger partial charge on any atom is -0.498 e. The predicted octanol–water partition coefficient (Wildman–Crippen LogP) is 10.7. The van der Waals surface area contributed by atoms with E-state index in [1.165, 1.54) is 0 Å². The van der Waals surface area contributed by atoms with Crippen molar-refractivity contribution < 1.29 is 18.9 Å². The summed E-state index contributed by atoms with van der Waals surface area (Å²) in [7, 11) is 0. The molecule has 0 atom stereocenters. The molecule has 282 valence electrons. The Morgan fingerprint density at radius 1 is 0.429 bits per heavy atom. The fraction of sp³-hybridized carbons (Fsp3) is 0.208. The molecule has 0 amide bonds. The van der Waals surface area contributed by atoms with Crippen molar-refractivity contribution in [1.82, 2.24) is 0 Å². The Morgan fingerprint density at radius 2 is 0.732 bits per heavy atom. The second-order valence-electron chi connectivity index (χ2n) is 13.4. The van der Waals surface area contributed by atoms with Crippen LogP contribution in [0.4, 0.5) is 0 Å². The van der Waals surface area contributed by atoms with Gasteiger partial charge in [-0.25, -0.2) is 0 Å². The summed E-state index contributed by atoms with van der Waals surface area (Å²) >= 11 is 0. The smallest absolute Gasteiger partial charge is 0.344 e. The van der Waals surface area contributed by atoms with Crippen LogP contribution in [0.15, 0.2) is 170 Å². The standard InChI is InChI=1S/C48H44N2O6/c1-3-46(2,38-24-28-44(29-25-38)53-32-34-55-47(36-49-51,40-16-8-4-9-17-40)41-18-10-5-11-19-41)39-26-30-45(31-27-39)54-33-35-56-48(37-50-52,42-20-12-6-13-21-42)43-22-14-7-15-23-43/h4-31H,3,32-35H2,1-2H3. The second-order valence-corrected chi connectivity index (χ2v) is 13.4. The fourth-order valence-corrected chi connectivity index (χ4v) is 6.93.